The van der Waals surface area contributed by atoms with Gasteiger partial charge in [-0.05, 0) is 42.5 Å². The van der Waals surface area contributed by atoms with Gasteiger partial charge in [-0.15, -0.1) is 0 Å². The molecule has 1 heteroatoms. The van der Waals surface area contributed by atoms with Crippen molar-refractivity contribution in [1.29, 1.82) is 0 Å². The van der Waals surface area contributed by atoms with E-state index in [0.29, 0.717) is 5.92 Å². The van der Waals surface area contributed by atoms with Gasteiger partial charge < -0.3 is 0 Å². The van der Waals surface area contributed by atoms with Crippen LogP contribution in [0.1, 0.15) is 25.0 Å². The summed E-state index contributed by atoms with van der Waals surface area (Å²) >= 11 is 5.85. The fourth-order valence-corrected chi connectivity index (χ4v) is 1.55. The highest BCUT2D eigenvalue weighted by atomic mass is 35.5. The van der Waals surface area contributed by atoms with Crippen molar-refractivity contribution >= 4 is 11.6 Å². The molecule has 0 saturated heterocycles. The molecular formula is C11H15Cl. The lowest BCUT2D eigenvalue weighted by Crippen LogP contribution is -1.96. The van der Waals surface area contributed by atoms with E-state index in [2.05, 4.69) is 26.8 Å². The van der Waals surface area contributed by atoms with Crippen molar-refractivity contribution in [3.8, 4) is 0 Å². The highest BCUT2D eigenvalue weighted by Gasteiger charge is 2.01. The van der Waals surface area contributed by atoms with Gasteiger partial charge in [-0.2, -0.15) is 0 Å². The van der Waals surface area contributed by atoms with E-state index in [-0.39, 0.29) is 0 Å². The molecule has 66 valence electrons. The van der Waals surface area contributed by atoms with Gasteiger partial charge >= 0.3 is 0 Å². The zero-order valence-corrected chi connectivity index (χ0v) is 8.65. The first-order valence-corrected chi connectivity index (χ1v) is 4.72. The van der Waals surface area contributed by atoms with Crippen molar-refractivity contribution in [1.82, 2.24) is 0 Å². The first-order valence-electron chi connectivity index (χ1n) is 4.34. The van der Waals surface area contributed by atoms with Gasteiger partial charge in [0.05, 0.1) is 0 Å². The van der Waals surface area contributed by atoms with Crippen LogP contribution in [0.2, 0.25) is 5.02 Å². The standard InChI is InChI=1S/C11H15Cl/c1-8(2)6-10-4-5-11(12)7-9(10)3/h4-5,7-8H,6H2,1-3H3. The first-order chi connectivity index (χ1) is 5.59. The molecule has 0 fully saturated rings. The number of hydrogen-bond acceptors (Lipinski definition) is 0. The van der Waals surface area contributed by atoms with E-state index in [4.69, 9.17) is 11.6 Å². The third-order valence-electron chi connectivity index (χ3n) is 1.93. The lowest BCUT2D eigenvalue weighted by Gasteiger charge is -2.08. The van der Waals surface area contributed by atoms with Gasteiger partial charge in [0.15, 0.2) is 0 Å². The summed E-state index contributed by atoms with van der Waals surface area (Å²) in [5.74, 6) is 0.713. The number of rotatable bonds is 2. The molecule has 0 bridgehead atoms. The summed E-state index contributed by atoms with van der Waals surface area (Å²) in [7, 11) is 0. The Morgan fingerprint density at radius 2 is 2.00 bits per heavy atom. The van der Waals surface area contributed by atoms with Crippen LogP contribution in [0.25, 0.3) is 0 Å². The quantitative estimate of drug-likeness (QED) is 0.652. The van der Waals surface area contributed by atoms with E-state index < -0.39 is 0 Å². The second-order valence-corrected chi connectivity index (χ2v) is 4.11. The van der Waals surface area contributed by atoms with Crippen LogP contribution in [-0.2, 0) is 6.42 Å². The van der Waals surface area contributed by atoms with Crippen LogP contribution in [-0.4, -0.2) is 0 Å². The zero-order chi connectivity index (χ0) is 9.14. The minimum atomic E-state index is 0.713. The lowest BCUT2D eigenvalue weighted by atomic mass is 9.99. The first kappa shape index (κ1) is 9.60. The van der Waals surface area contributed by atoms with Crippen LogP contribution in [0, 0.1) is 12.8 Å². The Balaban J connectivity index is 2.86. The summed E-state index contributed by atoms with van der Waals surface area (Å²) in [6.07, 6.45) is 1.14. The van der Waals surface area contributed by atoms with Crippen molar-refractivity contribution < 1.29 is 0 Å². The molecule has 0 aliphatic carbocycles. The maximum absolute atomic E-state index is 5.85. The van der Waals surface area contributed by atoms with Gasteiger partial charge in [0.25, 0.3) is 0 Å². The molecule has 0 nitrogen and oxygen atoms in total. The summed E-state index contributed by atoms with van der Waals surface area (Å²) in [6.45, 7) is 6.58. The molecule has 0 radical (unpaired) electrons. The number of aryl methyl sites for hydroxylation is 1. The molecule has 0 saturated carbocycles. The topological polar surface area (TPSA) is 0 Å². The predicted molar refractivity (Wildman–Crippen MR) is 54.7 cm³/mol. The monoisotopic (exact) mass is 182 g/mol. The molecule has 0 aromatic heterocycles. The summed E-state index contributed by atoms with van der Waals surface area (Å²) in [6, 6.07) is 6.11. The van der Waals surface area contributed by atoms with E-state index in [1.165, 1.54) is 11.1 Å². The van der Waals surface area contributed by atoms with Crippen LogP contribution < -0.4 is 0 Å². The zero-order valence-electron chi connectivity index (χ0n) is 7.89. The Morgan fingerprint density at radius 1 is 1.33 bits per heavy atom. The third-order valence-corrected chi connectivity index (χ3v) is 2.17. The summed E-state index contributed by atoms with van der Waals surface area (Å²) in [5, 5.41) is 0.833. The third kappa shape index (κ3) is 2.53. The average Bonchev–Trinajstić information content (AvgIpc) is 1.94. The van der Waals surface area contributed by atoms with Crippen LogP contribution in [0.5, 0.6) is 0 Å². The SMILES string of the molecule is Cc1cc(Cl)ccc1CC(C)C. The van der Waals surface area contributed by atoms with Gasteiger partial charge in [0.2, 0.25) is 0 Å². The maximum atomic E-state index is 5.85. The Labute approximate surface area is 79.6 Å². The molecule has 0 heterocycles. The molecule has 0 unspecified atom stereocenters. The van der Waals surface area contributed by atoms with Crippen LogP contribution >= 0.6 is 11.6 Å². The minimum absolute atomic E-state index is 0.713. The van der Waals surface area contributed by atoms with Crippen molar-refractivity contribution in [2.45, 2.75) is 27.2 Å². The molecular weight excluding hydrogens is 168 g/mol. The van der Waals surface area contributed by atoms with Crippen LogP contribution in [0.15, 0.2) is 18.2 Å². The summed E-state index contributed by atoms with van der Waals surface area (Å²) in [4.78, 5) is 0. The molecule has 0 amide bonds. The second kappa shape index (κ2) is 3.95. The largest absolute Gasteiger partial charge is 0.0843 e. The van der Waals surface area contributed by atoms with E-state index in [0.717, 1.165) is 11.4 Å². The Hall–Kier alpha value is -0.490. The van der Waals surface area contributed by atoms with Crippen molar-refractivity contribution in [2.24, 2.45) is 5.92 Å². The van der Waals surface area contributed by atoms with Crippen LogP contribution in [0.4, 0.5) is 0 Å². The minimum Gasteiger partial charge on any atom is -0.0843 e. The van der Waals surface area contributed by atoms with Gasteiger partial charge in [-0.1, -0.05) is 31.5 Å². The summed E-state index contributed by atoms with van der Waals surface area (Å²) in [5.41, 5.74) is 2.71. The number of benzene rings is 1. The van der Waals surface area contributed by atoms with Gasteiger partial charge in [0, 0.05) is 5.02 Å². The molecule has 0 aliphatic rings. The molecule has 0 N–H and O–H groups in total. The maximum Gasteiger partial charge on any atom is 0.0408 e. The van der Waals surface area contributed by atoms with Crippen molar-refractivity contribution in [3.05, 3.63) is 34.3 Å². The van der Waals surface area contributed by atoms with Gasteiger partial charge in [-0.25, -0.2) is 0 Å². The molecule has 0 spiro atoms. The summed E-state index contributed by atoms with van der Waals surface area (Å²) < 4.78 is 0. The number of hydrogen-bond donors (Lipinski definition) is 0. The Bertz CT molecular complexity index is 264. The van der Waals surface area contributed by atoms with E-state index in [1.54, 1.807) is 0 Å². The van der Waals surface area contributed by atoms with Gasteiger partial charge in [0.1, 0.15) is 0 Å². The molecule has 1 aromatic rings. The number of halogens is 1. The smallest absolute Gasteiger partial charge is 0.0408 e. The van der Waals surface area contributed by atoms with Crippen molar-refractivity contribution in [3.63, 3.8) is 0 Å². The van der Waals surface area contributed by atoms with E-state index in [9.17, 15) is 0 Å². The second-order valence-electron chi connectivity index (χ2n) is 3.67. The molecule has 0 aliphatic heterocycles. The van der Waals surface area contributed by atoms with Gasteiger partial charge in [-0.3, -0.25) is 0 Å². The Kier molecular flexibility index (Phi) is 3.16. The normalized spacial score (nSPS) is 10.8. The molecule has 1 rings (SSSR count). The van der Waals surface area contributed by atoms with Crippen molar-refractivity contribution in [2.75, 3.05) is 0 Å². The lowest BCUT2D eigenvalue weighted by molar-refractivity contribution is 0.645. The molecule has 0 atom stereocenters. The Morgan fingerprint density at radius 3 is 2.50 bits per heavy atom. The van der Waals surface area contributed by atoms with E-state index in [1.807, 2.05) is 12.1 Å². The fraction of sp³-hybridized carbons (Fsp3) is 0.455. The fourth-order valence-electron chi connectivity index (χ4n) is 1.33. The van der Waals surface area contributed by atoms with Crippen LogP contribution in [0.3, 0.4) is 0 Å². The highest BCUT2D eigenvalue weighted by Crippen LogP contribution is 2.17. The molecule has 12 heavy (non-hydrogen) atoms. The average molecular weight is 183 g/mol. The highest BCUT2D eigenvalue weighted by molar-refractivity contribution is 6.30. The van der Waals surface area contributed by atoms with E-state index >= 15 is 0 Å². The molecule has 1 aromatic carbocycles. The predicted octanol–water partition coefficient (Wildman–Crippen LogP) is 3.85.